The summed E-state index contributed by atoms with van der Waals surface area (Å²) in [6, 6.07) is 6.86. The number of carboxylic acid groups (broad SMARTS) is 1. The Morgan fingerprint density at radius 1 is 1.33 bits per heavy atom. The molecule has 0 amide bonds. The second-order valence-corrected chi connectivity index (χ2v) is 6.94. The Morgan fingerprint density at radius 3 is 3.00 bits per heavy atom. The maximum absolute atomic E-state index is 11.3. The largest absolute Gasteiger partial charge is 0.508 e. The minimum absolute atomic E-state index is 0.182. The normalized spacial score (nSPS) is 16.8. The number of phenols is 1. The SMILES string of the molecule is O=C(O)C1CCc2c(sc3ncnc(Nc4cccc(O)c4)c23)C1. The number of carboxylic acids is 1. The van der Waals surface area contributed by atoms with Gasteiger partial charge in [-0.15, -0.1) is 11.3 Å². The van der Waals surface area contributed by atoms with Crippen molar-refractivity contribution in [2.75, 3.05) is 5.32 Å². The lowest BCUT2D eigenvalue weighted by Gasteiger charge is -2.18. The van der Waals surface area contributed by atoms with Crippen LogP contribution in [0.4, 0.5) is 11.5 Å². The Kier molecular flexibility index (Phi) is 3.57. The van der Waals surface area contributed by atoms with Gasteiger partial charge in [0.15, 0.2) is 0 Å². The lowest BCUT2D eigenvalue weighted by Crippen LogP contribution is -2.21. The van der Waals surface area contributed by atoms with Gasteiger partial charge in [-0.1, -0.05) is 6.07 Å². The maximum atomic E-state index is 11.3. The van der Waals surface area contributed by atoms with Gasteiger partial charge < -0.3 is 15.5 Å². The van der Waals surface area contributed by atoms with Crippen molar-refractivity contribution >= 4 is 39.0 Å². The molecule has 24 heavy (non-hydrogen) atoms. The van der Waals surface area contributed by atoms with Crippen LogP contribution in [0.1, 0.15) is 16.9 Å². The van der Waals surface area contributed by atoms with Crippen LogP contribution in [0.15, 0.2) is 30.6 Å². The van der Waals surface area contributed by atoms with Crippen LogP contribution in [-0.2, 0) is 17.6 Å². The van der Waals surface area contributed by atoms with E-state index in [1.54, 1.807) is 29.5 Å². The van der Waals surface area contributed by atoms with Crippen LogP contribution in [0.5, 0.6) is 5.75 Å². The van der Waals surface area contributed by atoms with E-state index in [0.717, 1.165) is 26.3 Å². The Labute approximate surface area is 141 Å². The Balaban J connectivity index is 1.76. The van der Waals surface area contributed by atoms with Crippen molar-refractivity contribution < 1.29 is 15.0 Å². The maximum Gasteiger partial charge on any atom is 0.306 e. The van der Waals surface area contributed by atoms with Gasteiger partial charge in [0.2, 0.25) is 0 Å². The van der Waals surface area contributed by atoms with E-state index in [2.05, 4.69) is 15.3 Å². The van der Waals surface area contributed by atoms with Gasteiger partial charge in [-0.2, -0.15) is 0 Å². The zero-order valence-corrected chi connectivity index (χ0v) is 13.5. The van der Waals surface area contributed by atoms with Crippen LogP contribution in [-0.4, -0.2) is 26.2 Å². The summed E-state index contributed by atoms with van der Waals surface area (Å²) in [7, 11) is 0. The van der Waals surface area contributed by atoms with Crippen LogP contribution in [0.2, 0.25) is 0 Å². The number of thiophene rings is 1. The molecule has 0 aliphatic heterocycles. The molecule has 0 saturated heterocycles. The third kappa shape index (κ3) is 2.56. The van der Waals surface area contributed by atoms with Gasteiger partial charge in [0, 0.05) is 16.6 Å². The first-order valence-electron chi connectivity index (χ1n) is 7.66. The van der Waals surface area contributed by atoms with Gasteiger partial charge >= 0.3 is 5.97 Å². The molecular formula is C17H15N3O3S. The molecule has 1 unspecified atom stereocenters. The molecule has 7 heteroatoms. The highest BCUT2D eigenvalue weighted by molar-refractivity contribution is 7.19. The molecule has 0 radical (unpaired) electrons. The molecule has 2 aromatic heterocycles. The van der Waals surface area contributed by atoms with Crippen LogP contribution < -0.4 is 5.32 Å². The summed E-state index contributed by atoms with van der Waals surface area (Å²) < 4.78 is 0. The van der Waals surface area contributed by atoms with Gasteiger partial charge in [-0.3, -0.25) is 4.79 Å². The molecule has 1 aliphatic carbocycles. The third-order valence-corrected chi connectivity index (χ3v) is 5.47. The molecule has 0 fully saturated rings. The summed E-state index contributed by atoms with van der Waals surface area (Å²) in [5.41, 5.74) is 1.89. The number of benzene rings is 1. The topological polar surface area (TPSA) is 95.3 Å². The van der Waals surface area contributed by atoms with Crippen molar-refractivity contribution in [1.29, 1.82) is 0 Å². The average molecular weight is 341 g/mol. The number of phenolic OH excluding ortho intramolecular Hbond substituents is 1. The predicted octanol–water partition coefficient (Wildman–Crippen LogP) is 3.33. The fourth-order valence-electron chi connectivity index (χ4n) is 3.14. The second-order valence-electron chi connectivity index (χ2n) is 5.86. The van der Waals surface area contributed by atoms with E-state index in [4.69, 9.17) is 0 Å². The Hall–Kier alpha value is -2.67. The first-order valence-corrected chi connectivity index (χ1v) is 8.47. The fourth-order valence-corrected chi connectivity index (χ4v) is 4.40. The summed E-state index contributed by atoms with van der Waals surface area (Å²) in [4.78, 5) is 21.9. The van der Waals surface area contributed by atoms with Crippen LogP contribution in [0, 0.1) is 5.92 Å². The first kappa shape index (κ1) is 14.9. The van der Waals surface area contributed by atoms with Crippen LogP contribution >= 0.6 is 11.3 Å². The van der Waals surface area contributed by atoms with E-state index in [1.807, 2.05) is 6.07 Å². The molecule has 1 aliphatic rings. The van der Waals surface area contributed by atoms with Crippen molar-refractivity contribution in [3.05, 3.63) is 41.0 Å². The highest BCUT2D eigenvalue weighted by Crippen LogP contribution is 2.40. The second kappa shape index (κ2) is 5.76. The van der Waals surface area contributed by atoms with E-state index >= 15 is 0 Å². The van der Waals surface area contributed by atoms with Crippen molar-refractivity contribution in [1.82, 2.24) is 9.97 Å². The Morgan fingerprint density at radius 2 is 2.21 bits per heavy atom. The number of aliphatic carboxylic acids is 1. The summed E-state index contributed by atoms with van der Waals surface area (Å²) in [6.07, 6.45) is 3.41. The number of aromatic hydroxyl groups is 1. The van der Waals surface area contributed by atoms with Crippen molar-refractivity contribution in [2.24, 2.45) is 5.92 Å². The van der Waals surface area contributed by atoms with Crippen LogP contribution in [0.3, 0.4) is 0 Å². The number of nitrogens with zero attached hydrogens (tertiary/aromatic N) is 2. The zero-order chi connectivity index (χ0) is 16.7. The van der Waals surface area contributed by atoms with Gasteiger partial charge in [0.05, 0.1) is 11.3 Å². The van der Waals surface area contributed by atoms with Gasteiger partial charge in [-0.25, -0.2) is 9.97 Å². The molecule has 4 rings (SSSR count). The van der Waals surface area contributed by atoms with Crippen molar-refractivity contribution in [3.8, 4) is 5.75 Å². The average Bonchev–Trinajstić information content (AvgIpc) is 2.93. The lowest BCUT2D eigenvalue weighted by atomic mass is 9.88. The molecule has 3 aromatic rings. The fraction of sp³-hybridized carbons (Fsp3) is 0.235. The first-order chi connectivity index (χ1) is 11.6. The number of rotatable bonds is 3. The lowest BCUT2D eigenvalue weighted by molar-refractivity contribution is -0.142. The van der Waals surface area contributed by atoms with Gasteiger partial charge in [0.25, 0.3) is 0 Å². The molecule has 6 nitrogen and oxygen atoms in total. The molecule has 1 atom stereocenters. The molecule has 3 N–H and O–H groups in total. The number of aryl methyl sites for hydroxylation is 1. The van der Waals surface area contributed by atoms with E-state index in [-0.39, 0.29) is 11.7 Å². The number of hydrogen-bond acceptors (Lipinski definition) is 6. The highest BCUT2D eigenvalue weighted by atomic mass is 32.1. The van der Waals surface area contributed by atoms with Crippen molar-refractivity contribution in [2.45, 2.75) is 19.3 Å². The van der Waals surface area contributed by atoms with E-state index in [0.29, 0.717) is 25.1 Å². The molecule has 0 saturated carbocycles. The predicted molar refractivity (Wildman–Crippen MR) is 92.0 cm³/mol. The molecular weight excluding hydrogens is 326 g/mol. The summed E-state index contributed by atoms with van der Waals surface area (Å²) in [5.74, 6) is -0.179. The number of carbonyl (C=O) groups is 1. The van der Waals surface area contributed by atoms with E-state index in [1.165, 1.54) is 6.33 Å². The summed E-state index contributed by atoms with van der Waals surface area (Å²) in [6.45, 7) is 0. The summed E-state index contributed by atoms with van der Waals surface area (Å²) in [5, 5.41) is 23.1. The number of nitrogens with one attached hydrogen (secondary N) is 1. The highest BCUT2D eigenvalue weighted by Gasteiger charge is 2.28. The minimum Gasteiger partial charge on any atom is -0.508 e. The zero-order valence-electron chi connectivity index (χ0n) is 12.7. The Bertz CT molecular complexity index is 938. The number of fused-ring (bicyclic) bond motifs is 3. The standard InChI is InChI=1S/C17H15N3O3S/c21-11-3-1-2-10(7-11)20-15-14-12-5-4-9(17(22)23)6-13(12)24-16(14)19-8-18-15/h1-3,7-9,21H,4-6H2,(H,22,23)(H,18,19,20). The molecule has 1 aromatic carbocycles. The quantitative estimate of drug-likeness (QED) is 0.676. The molecule has 0 bridgehead atoms. The number of hydrogen-bond donors (Lipinski definition) is 3. The number of aromatic nitrogens is 2. The van der Waals surface area contributed by atoms with Crippen LogP contribution in [0.25, 0.3) is 10.2 Å². The van der Waals surface area contributed by atoms with E-state index in [9.17, 15) is 15.0 Å². The van der Waals surface area contributed by atoms with Crippen molar-refractivity contribution in [3.63, 3.8) is 0 Å². The minimum atomic E-state index is -0.734. The van der Waals surface area contributed by atoms with Gasteiger partial charge in [-0.05, 0) is 37.0 Å². The smallest absolute Gasteiger partial charge is 0.306 e. The molecule has 122 valence electrons. The summed E-state index contributed by atoms with van der Waals surface area (Å²) >= 11 is 1.54. The van der Waals surface area contributed by atoms with E-state index < -0.39 is 5.97 Å². The third-order valence-electron chi connectivity index (χ3n) is 4.30. The monoisotopic (exact) mass is 341 g/mol. The molecule has 0 spiro atoms. The number of anilines is 2. The van der Waals surface area contributed by atoms with Gasteiger partial charge in [0.1, 0.15) is 22.7 Å². The molecule has 2 heterocycles.